The maximum absolute atomic E-state index is 12.4. The number of aliphatic hydroxyl groups is 1. The maximum Gasteiger partial charge on any atom is 0.236 e. The largest absolute Gasteiger partial charge is 0.394 e. The number of rotatable bonds is 3. The van der Waals surface area contributed by atoms with Crippen molar-refractivity contribution in [2.24, 2.45) is 11.3 Å². The first-order chi connectivity index (χ1) is 8.02. The normalized spacial score (nSPS) is 25.3. The summed E-state index contributed by atoms with van der Waals surface area (Å²) in [6.45, 7) is 3.73. The number of hydrogen-bond acceptors (Lipinski definition) is 3. The lowest BCUT2D eigenvalue weighted by atomic mass is 9.84. The molecule has 1 saturated carbocycles. The summed E-state index contributed by atoms with van der Waals surface area (Å²) in [5.74, 6) is -0.0261. The summed E-state index contributed by atoms with van der Waals surface area (Å²) in [5, 5.41) is 9.38. The SMILES string of the molecule is CC(C)[C@H](CO)N1C(=O)CC2(CCCC2)C1=O. The Hall–Kier alpha value is -0.900. The molecule has 0 bridgehead atoms. The first-order valence-corrected chi connectivity index (χ1v) is 6.49. The molecular formula is C13H21NO3. The minimum Gasteiger partial charge on any atom is -0.394 e. The molecule has 1 atom stereocenters. The van der Waals surface area contributed by atoms with E-state index in [2.05, 4.69) is 0 Å². The van der Waals surface area contributed by atoms with Crippen molar-refractivity contribution in [3.8, 4) is 0 Å². The maximum atomic E-state index is 12.4. The molecule has 96 valence electrons. The molecule has 1 heterocycles. The van der Waals surface area contributed by atoms with Gasteiger partial charge in [0.15, 0.2) is 0 Å². The number of amides is 2. The topological polar surface area (TPSA) is 57.6 Å². The van der Waals surface area contributed by atoms with Crippen LogP contribution in [0.2, 0.25) is 0 Å². The smallest absolute Gasteiger partial charge is 0.236 e. The van der Waals surface area contributed by atoms with Crippen LogP contribution in [0.3, 0.4) is 0 Å². The van der Waals surface area contributed by atoms with E-state index < -0.39 is 5.41 Å². The summed E-state index contributed by atoms with van der Waals surface area (Å²) in [6.07, 6.45) is 4.11. The molecule has 0 radical (unpaired) electrons. The zero-order valence-electron chi connectivity index (χ0n) is 10.6. The molecular weight excluding hydrogens is 218 g/mol. The Morgan fingerprint density at radius 3 is 2.35 bits per heavy atom. The van der Waals surface area contributed by atoms with Crippen LogP contribution in [0.4, 0.5) is 0 Å². The molecule has 1 aliphatic carbocycles. The molecule has 1 saturated heterocycles. The summed E-state index contributed by atoms with van der Waals surface area (Å²) in [5.41, 5.74) is -0.417. The van der Waals surface area contributed by atoms with E-state index in [0.29, 0.717) is 6.42 Å². The van der Waals surface area contributed by atoms with Crippen LogP contribution >= 0.6 is 0 Å². The summed E-state index contributed by atoms with van der Waals surface area (Å²) < 4.78 is 0. The van der Waals surface area contributed by atoms with Crippen molar-refractivity contribution in [1.82, 2.24) is 4.90 Å². The first kappa shape index (κ1) is 12.6. The van der Waals surface area contributed by atoms with Gasteiger partial charge in [-0.15, -0.1) is 0 Å². The number of nitrogens with zero attached hydrogens (tertiary/aromatic N) is 1. The van der Waals surface area contributed by atoms with Crippen LogP contribution in [0.15, 0.2) is 0 Å². The van der Waals surface area contributed by atoms with Crippen LogP contribution in [0.25, 0.3) is 0 Å². The molecule has 2 amide bonds. The predicted octanol–water partition coefficient (Wildman–Crippen LogP) is 1.32. The van der Waals surface area contributed by atoms with Crippen molar-refractivity contribution >= 4 is 11.8 Å². The van der Waals surface area contributed by atoms with Crippen molar-refractivity contribution in [2.45, 2.75) is 52.0 Å². The molecule has 1 spiro atoms. The minimum absolute atomic E-state index is 0.0345. The van der Waals surface area contributed by atoms with Gasteiger partial charge in [-0.05, 0) is 18.8 Å². The molecule has 0 unspecified atom stereocenters. The van der Waals surface area contributed by atoms with Crippen LogP contribution in [-0.2, 0) is 9.59 Å². The van der Waals surface area contributed by atoms with Gasteiger partial charge in [-0.1, -0.05) is 26.7 Å². The number of carbonyl (C=O) groups is 2. The van der Waals surface area contributed by atoms with Gasteiger partial charge in [0.05, 0.1) is 18.1 Å². The van der Waals surface area contributed by atoms with E-state index >= 15 is 0 Å². The standard InChI is InChI=1S/C13H21NO3/c1-9(2)10(8-15)14-11(16)7-13(12(14)17)5-3-4-6-13/h9-10,15H,3-8H2,1-2H3/t10-/m0/s1. The van der Waals surface area contributed by atoms with Gasteiger partial charge in [0.25, 0.3) is 0 Å². The van der Waals surface area contributed by atoms with E-state index in [1.54, 1.807) is 0 Å². The number of carbonyl (C=O) groups excluding carboxylic acids is 2. The molecule has 0 aromatic heterocycles. The van der Waals surface area contributed by atoms with E-state index in [0.717, 1.165) is 25.7 Å². The highest BCUT2D eigenvalue weighted by Gasteiger charge is 2.54. The van der Waals surface area contributed by atoms with Gasteiger partial charge in [-0.25, -0.2) is 0 Å². The molecule has 1 N–H and O–H groups in total. The van der Waals surface area contributed by atoms with E-state index in [1.807, 2.05) is 13.8 Å². The van der Waals surface area contributed by atoms with Crippen LogP contribution < -0.4 is 0 Å². The third-order valence-electron chi connectivity index (χ3n) is 4.28. The summed E-state index contributed by atoms with van der Waals surface area (Å²) in [4.78, 5) is 25.8. The zero-order chi connectivity index (χ0) is 12.6. The van der Waals surface area contributed by atoms with Crippen molar-refractivity contribution in [3.05, 3.63) is 0 Å². The summed E-state index contributed by atoms with van der Waals surface area (Å²) in [7, 11) is 0. The van der Waals surface area contributed by atoms with Crippen molar-refractivity contribution in [3.63, 3.8) is 0 Å². The minimum atomic E-state index is -0.417. The van der Waals surface area contributed by atoms with E-state index in [-0.39, 0.29) is 30.4 Å². The van der Waals surface area contributed by atoms with E-state index in [9.17, 15) is 14.7 Å². The van der Waals surface area contributed by atoms with Gasteiger partial charge in [0.2, 0.25) is 11.8 Å². The molecule has 1 aliphatic heterocycles. The third kappa shape index (κ3) is 1.88. The molecule has 2 rings (SSSR count). The number of aliphatic hydroxyl groups excluding tert-OH is 1. The molecule has 4 nitrogen and oxygen atoms in total. The average molecular weight is 239 g/mol. The quantitative estimate of drug-likeness (QED) is 0.756. The fraction of sp³-hybridized carbons (Fsp3) is 0.846. The second-order valence-electron chi connectivity index (χ2n) is 5.73. The summed E-state index contributed by atoms with van der Waals surface area (Å²) >= 11 is 0. The molecule has 2 fully saturated rings. The highest BCUT2D eigenvalue weighted by atomic mass is 16.3. The van der Waals surface area contributed by atoms with Gasteiger partial charge >= 0.3 is 0 Å². The Morgan fingerprint density at radius 1 is 1.29 bits per heavy atom. The fourth-order valence-electron chi connectivity index (χ4n) is 3.19. The van der Waals surface area contributed by atoms with Gasteiger partial charge in [-0.3, -0.25) is 14.5 Å². The Morgan fingerprint density at radius 2 is 1.88 bits per heavy atom. The predicted molar refractivity (Wildman–Crippen MR) is 63.1 cm³/mol. The molecule has 17 heavy (non-hydrogen) atoms. The van der Waals surface area contributed by atoms with Crippen LogP contribution in [0.5, 0.6) is 0 Å². The zero-order valence-corrected chi connectivity index (χ0v) is 10.6. The van der Waals surface area contributed by atoms with Crippen LogP contribution in [0.1, 0.15) is 46.0 Å². The fourth-order valence-corrected chi connectivity index (χ4v) is 3.19. The Balaban J connectivity index is 2.24. The van der Waals surface area contributed by atoms with Crippen molar-refractivity contribution < 1.29 is 14.7 Å². The van der Waals surface area contributed by atoms with Gasteiger partial charge < -0.3 is 5.11 Å². The summed E-state index contributed by atoms with van der Waals surface area (Å²) in [6, 6.07) is -0.352. The highest BCUT2D eigenvalue weighted by molar-refractivity contribution is 6.06. The second-order valence-corrected chi connectivity index (χ2v) is 5.73. The lowest BCUT2D eigenvalue weighted by molar-refractivity contribution is -0.146. The highest BCUT2D eigenvalue weighted by Crippen LogP contribution is 2.47. The molecule has 2 aliphatic rings. The number of hydrogen-bond donors (Lipinski definition) is 1. The second kappa shape index (κ2) is 4.41. The van der Waals surface area contributed by atoms with Crippen molar-refractivity contribution in [2.75, 3.05) is 6.61 Å². The van der Waals surface area contributed by atoms with Gasteiger partial charge in [0, 0.05) is 6.42 Å². The van der Waals surface area contributed by atoms with Crippen LogP contribution in [-0.4, -0.2) is 34.5 Å². The molecule has 4 heteroatoms. The van der Waals surface area contributed by atoms with Gasteiger partial charge in [-0.2, -0.15) is 0 Å². The average Bonchev–Trinajstić information content (AvgIpc) is 2.81. The Bertz CT molecular complexity index is 332. The lowest BCUT2D eigenvalue weighted by Crippen LogP contribution is -2.46. The first-order valence-electron chi connectivity index (χ1n) is 6.49. The van der Waals surface area contributed by atoms with Crippen molar-refractivity contribution in [1.29, 1.82) is 0 Å². The lowest BCUT2D eigenvalue weighted by Gasteiger charge is -2.29. The Kier molecular flexibility index (Phi) is 3.25. The van der Waals surface area contributed by atoms with Gasteiger partial charge in [0.1, 0.15) is 0 Å². The monoisotopic (exact) mass is 239 g/mol. The van der Waals surface area contributed by atoms with Crippen LogP contribution in [0, 0.1) is 11.3 Å². The molecule has 0 aromatic carbocycles. The number of imide groups is 1. The third-order valence-corrected chi connectivity index (χ3v) is 4.28. The number of likely N-dealkylation sites (tertiary alicyclic amines) is 1. The Labute approximate surface area is 102 Å². The van der Waals surface area contributed by atoms with E-state index in [4.69, 9.17) is 0 Å². The molecule has 0 aromatic rings. The van der Waals surface area contributed by atoms with E-state index in [1.165, 1.54) is 4.90 Å².